The summed E-state index contributed by atoms with van der Waals surface area (Å²) in [5.74, 6) is -0.389. The SMILES string of the molecule is Cc1nc(-c2ccc(C(F)(F)F)cc2)sc1CNc1ccc([C@H]2C[C@@H]2C(=O)NO)cc1. The van der Waals surface area contributed by atoms with Crippen LogP contribution in [-0.2, 0) is 17.5 Å². The van der Waals surface area contributed by atoms with E-state index in [1.165, 1.54) is 23.5 Å². The third kappa shape index (κ3) is 4.72. The first-order valence-corrected chi connectivity index (χ1v) is 10.5. The molecule has 1 amide bonds. The van der Waals surface area contributed by atoms with E-state index in [2.05, 4.69) is 10.3 Å². The number of hydrogen-bond acceptors (Lipinski definition) is 5. The molecule has 4 rings (SSSR count). The van der Waals surface area contributed by atoms with Crippen molar-refractivity contribution < 1.29 is 23.2 Å². The summed E-state index contributed by atoms with van der Waals surface area (Å²) in [6.45, 7) is 2.42. The van der Waals surface area contributed by atoms with E-state index in [0.717, 1.165) is 40.4 Å². The van der Waals surface area contributed by atoms with Crippen LogP contribution < -0.4 is 10.8 Å². The van der Waals surface area contributed by atoms with Crippen LogP contribution in [0.25, 0.3) is 10.6 Å². The standard InChI is InChI=1S/C22H20F3N3O2S/c1-12-19(31-21(27-12)14-2-6-15(7-3-14)22(23,24)25)11-26-16-8-4-13(5-9-16)17-10-18(17)20(29)28-30/h2-9,17-18,26,30H,10-11H2,1H3,(H,28,29)/t17-,18+/m1/s1. The summed E-state index contributed by atoms with van der Waals surface area (Å²) in [4.78, 5) is 17.0. The largest absolute Gasteiger partial charge is 0.416 e. The molecule has 2 aromatic carbocycles. The molecule has 1 aliphatic carbocycles. The number of halogens is 3. The summed E-state index contributed by atoms with van der Waals surface area (Å²) in [6.07, 6.45) is -3.63. The van der Waals surface area contributed by atoms with Gasteiger partial charge in [-0.2, -0.15) is 13.2 Å². The van der Waals surface area contributed by atoms with E-state index in [0.29, 0.717) is 17.1 Å². The third-order valence-corrected chi connectivity index (χ3v) is 6.59. The Balaban J connectivity index is 1.38. The van der Waals surface area contributed by atoms with Gasteiger partial charge in [-0.1, -0.05) is 24.3 Å². The van der Waals surface area contributed by atoms with Crippen molar-refractivity contribution in [3.8, 4) is 10.6 Å². The van der Waals surface area contributed by atoms with Crippen LogP contribution in [0.15, 0.2) is 48.5 Å². The molecule has 31 heavy (non-hydrogen) atoms. The lowest BCUT2D eigenvalue weighted by atomic mass is 10.1. The molecule has 1 heterocycles. The van der Waals surface area contributed by atoms with Gasteiger partial charge in [-0.3, -0.25) is 10.0 Å². The van der Waals surface area contributed by atoms with Gasteiger partial charge >= 0.3 is 6.18 Å². The number of carbonyl (C=O) groups is 1. The highest BCUT2D eigenvalue weighted by Gasteiger charge is 2.43. The van der Waals surface area contributed by atoms with Gasteiger partial charge in [0, 0.05) is 22.0 Å². The van der Waals surface area contributed by atoms with Gasteiger partial charge in [0.15, 0.2) is 0 Å². The zero-order valence-electron chi connectivity index (χ0n) is 16.5. The number of benzene rings is 2. The van der Waals surface area contributed by atoms with Crippen molar-refractivity contribution in [3.63, 3.8) is 0 Å². The molecule has 162 valence electrons. The summed E-state index contributed by atoms with van der Waals surface area (Å²) in [5, 5.41) is 12.7. The molecule has 0 unspecified atom stereocenters. The topological polar surface area (TPSA) is 74.2 Å². The van der Waals surface area contributed by atoms with E-state index in [9.17, 15) is 18.0 Å². The van der Waals surface area contributed by atoms with E-state index >= 15 is 0 Å². The molecule has 5 nitrogen and oxygen atoms in total. The highest BCUT2D eigenvalue weighted by atomic mass is 32.1. The number of aryl methyl sites for hydroxylation is 1. The molecule has 0 spiro atoms. The Labute approximate surface area is 180 Å². The van der Waals surface area contributed by atoms with Crippen molar-refractivity contribution in [2.24, 2.45) is 5.92 Å². The molecule has 9 heteroatoms. The lowest BCUT2D eigenvalue weighted by Gasteiger charge is -2.07. The Morgan fingerprint density at radius 1 is 1.16 bits per heavy atom. The van der Waals surface area contributed by atoms with Crippen molar-refractivity contribution >= 4 is 22.9 Å². The van der Waals surface area contributed by atoms with Crippen molar-refractivity contribution in [2.75, 3.05) is 5.32 Å². The molecular formula is C22H20F3N3O2S. The van der Waals surface area contributed by atoms with Crippen LogP contribution in [0.4, 0.5) is 18.9 Å². The van der Waals surface area contributed by atoms with E-state index in [4.69, 9.17) is 5.21 Å². The smallest absolute Gasteiger partial charge is 0.380 e. The Morgan fingerprint density at radius 2 is 1.84 bits per heavy atom. The summed E-state index contributed by atoms with van der Waals surface area (Å²) in [5.41, 5.74) is 4.48. The number of hydrogen-bond donors (Lipinski definition) is 3. The molecule has 3 N–H and O–H groups in total. The molecule has 1 fully saturated rings. The maximum atomic E-state index is 12.7. The number of thiazole rings is 1. The van der Waals surface area contributed by atoms with E-state index < -0.39 is 11.7 Å². The van der Waals surface area contributed by atoms with Crippen LogP contribution in [0.1, 0.15) is 34.0 Å². The lowest BCUT2D eigenvalue weighted by molar-refractivity contribution is -0.137. The highest BCUT2D eigenvalue weighted by Crippen LogP contribution is 2.47. The second kappa shape index (κ2) is 8.32. The van der Waals surface area contributed by atoms with Gasteiger partial charge in [-0.15, -0.1) is 11.3 Å². The Kier molecular flexibility index (Phi) is 5.72. The van der Waals surface area contributed by atoms with Gasteiger partial charge in [-0.25, -0.2) is 10.5 Å². The normalized spacial score (nSPS) is 18.0. The Bertz CT molecular complexity index is 1080. The minimum absolute atomic E-state index is 0.135. The molecule has 1 aromatic heterocycles. The molecule has 1 saturated carbocycles. The van der Waals surface area contributed by atoms with Gasteiger partial charge in [0.05, 0.1) is 17.8 Å². The van der Waals surface area contributed by atoms with Crippen molar-refractivity contribution in [2.45, 2.75) is 32.0 Å². The zero-order valence-corrected chi connectivity index (χ0v) is 17.3. The third-order valence-electron chi connectivity index (χ3n) is 5.38. The van der Waals surface area contributed by atoms with Crippen LogP contribution in [0, 0.1) is 12.8 Å². The van der Waals surface area contributed by atoms with Crippen LogP contribution in [0.5, 0.6) is 0 Å². The molecule has 2 atom stereocenters. The molecule has 0 aliphatic heterocycles. The van der Waals surface area contributed by atoms with Gasteiger partial charge in [0.1, 0.15) is 5.01 Å². The molecule has 1 aliphatic rings. The number of aromatic nitrogens is 1. The Hall–Kier alpha value is -2.91. The molecule has 0 saturated heterocycles. The van der Waals surface area contributed by atoms with Crippen LogP contribution in [0.2, 0.25) is 0 Å². The minimum Gasteiger partial charge on any atom is -0.380 e. The first kappa shape index (κ1) is 21.3. The number of rotatable bonds is 6. The number of alkyl halides is 3. The van der Waals surface area contributed by atoms with Crippen LogP contribution in [-0.4, -0.2) is 16.1 Å². The van der Waals surface area contributed by atoms with Crippen LogP contribution >= 0.6 is 11.3 Å². The van der Waals surface area contributed by atoms with E-state index in [1.807, 2.05) is 31.2 Å². The highest BCUT2D eigenvalue weighted by molar-refractivity contribution is 7.15. The first-order valence-electron chi connectivity index (χ1n) is 9.68. The predicted molar refractivity (Wildman–Crippen MR) is 112 cm³/mol. The lowest BCUT2D eigenvalue weighted by Crippen LogP contribution is -2.20. The number of nitrogens with one attached hydrogen (secondary N) is 2. The average molecular weight is 447 g/mol. The summed E-state index contributed by atoms with van der Waals surface area (Å²) in [7, 11) is 0. The number of hydroxylamine groups is 1. The fourth-order valence-corrected chi connectivity index (χ4v) is 4.49. The predicted octanol–water partition coefficient (Wildman–Crippen LogP) is 5.36. The van der Waals surface area contributed by atoms with Gasteiger partial charge in [0.25, 0.3) is 0 Å². The molecule has 0 radical (unpaired) electrons. The summed E-state index contributed by atoms with van der Waals surface area (Å²) >= 11 is 1.45. The van der Waals surface area contributed by atoms with Gasteiger partial charge in [0.2, 0.25) is 5.91 Å². The van der Waals surface area contributed by atoms with Crippen molar-refractivity contribution in [1.29, 1.82) is 0 Å². The minimum atomic E-state index is -4.35. The second-order valence-electron chi connectivity index (χ2n) is 7.50. The van der Waals surface area contributed by atoms with E-state index in [-0.39, 0.29) is 17.7 Å². The number of nitrogens with zero attached hydrogens (tertiary/aromatic N) is 1. The number of carbonyl (C=O) groups excluding carboxylic acids is 1. The van der Waals surface area contributed by atoms with Crippen molar-refractivity contribution in [3.05, 3.63) is 70.2 Å². The van der Waals surface area contributed by atoms with Crippen molar-refractivity contribution in [1.82, 2.24) is 10.5 Å². The molecule has 0 bridgehead atoms. The monoisotopic (exact) mass is 447 g/mol. The zero-order chi connectivity index (χ0) is 22.2. The average Bonchev–Trinajstić information content (AvgIpc) is 3.47. The Morgan fingerprint density at radius 3 is 2.45 bits per heavy atom. The molecular weight excluding hydrogens is 427 g/mol. The van der Waals surface area contributed by atoms with Crippen LogP contribution in [0.3, 0.4) is 0 Å². The fraction of sp³-hybridized carbons (Fsp3) is 0.273. The number of anilines is 1. The maximum Gasteiger partial charge on any atom is 0.416 e. The fourth-order valence-electron chi connectivity index (χ4n) is 3.48. The number of amides is 1. The van der Waals surface area contributed by atoms with E-state index in [1.54, 1.807) is 5.48 Å². The van der Waals surface area contributed by atoms with Gasteiger partial charge in [-0.05, 0) is 49.1 Å². The maximum absolute atomic E-state index is 12.7. The second-order valence-corrected chi connectivity index (χ2v) is 8.59. The summed E-state index contributed by atoms with van der Waals surface area (Å²) in [6, 6.07) is 12.8. The quantitative estimate of drug-likeness (QED) is 0.351. The molecule has 3 aromatic rings. The van der Waals surface area contributed by atoms with Gasteiger partial charge < -0.3 is 5.32 Å². The first-order chi connectivity index (χ1) is 14.8. The summed E-state index contributed by atoms with van der Waals surface area (Å²) < 4.78 is 38.2.